The first-order chi connectivity index (χ1) is 8.04. The molecule has 0 unspecified atom stereocenters. The second-order valence-electron chi connectivity index (χ2n) is 3.23. The molecule has 0 saturated carbocycles. The predicted octanol–water partition coefficient (Wildman–Crippen LogP) is 1.57. The van der Waals surface area contributed by atoms with E-state index in [1.54, 1.807) is 13.8 Å². The number of ether oxygens (including phenoxy) is 1. The lowest BCUT2D eigenvalue weighted by molar-refractivity contribution is 0.152. The predicted molar refractivity (Wildman–Crippen MR) is 62.1 cm³/mol. The van der Waals surface area contributed by atoms with E-state index < -0.39 is 6.09 Å². The Morgan fingerprint density at radius 2 is 2.18 bits per heavy atom. The van der Waals surface area contributed by atoms with Crippen LogP contribution in [0.2, 0.25) is 0 Å². The van der Waals surface area contributed by atoms with E-state index in [-0.39, 0.29) is 18.1 Å². The fourth-order valence-electron chi connectivity index (χ4n) is 1.18. The minimum atomic E-state index is -0.662. The first-order valence-electron chi connectivity index (χ1n) is 5.04. The van der Waals surface area contributed by atoms with Crippen molar-refractivity contribution in [1.82, 2.24) is 5.43 Å². The van der Waals surface area contributed by atoms with Gasteiger partial charge in [0.25, 0.3) is 0 Å². The second kappa shape index (κ2) is 5.74. The summed E-state index contributed by atoms with van der Waals surface area (Å²) in [5.74, 6) is -0.158. The molecule has 92 valence electrons. The summed E-state index contributed by atoms with van der Waals surface area (Å²) < 4.78 is 4.62. The van der Waals surface area contributed by atoms with Gasteiger partial charge < -0.3 is 14.9 Å². The van der Waals surface area contributed by atoms with Crippen LogP contribution in [0.5, 0.6) is 11.5 Å². The molecule has 0 aromatic heterocycles. The van der Waals surface area contributed by atoms with Crippen molar-refractivity contribution >= 4 is 11.8 Å². The van der Waals surface area contributed by atoms with Crippen LogP contribution < -0.4 is 5.43 Å². The molecule has 0 atom stereocenters. The summed E-state index contributed by atoms with van der Waals surface area (Å²) in [6, 6.07) is 4.10. The number of phenolic OH excluding ortho intramolecular Hbond substituents is 2. The number of hydrogen-bond acceptors (Lipinski definition) is 5. The molecule has 0 radical (unpaired) electrons. The normalized spacial score (nSPS) is 11.1. The van der Waals surface area contributed by atoms with Gasteiger partial charge in [-0.05, 0) is 26.0 Å². The van der Waals surface area contributed by atoms with Crippen molar-refractivity contribution in [3.8, 4) is 11.5 Å². The molecule has 1 aromatic carbocycles. The zero-order valence-electron chi connectivity index (χ0n) is 9.60. The van der Waals surface area contributed by atoms with Gasteiger partial charge in [0, 0.05) is 11.6 Å². The zero-order valence-corrected chi connectivity index (χ0v) is 9.60. The Morgan fingerprint density at radius 3 is 2.76 bits per heavy atom. The van der Waals surface area contributed by atoms with Gasteiger partial charge >= 0.3 is 6.09 Å². The molecule has 0 aliphatic rings. The van der Waals surface area contributed by atoms with Crippen molar-refractivity contribution in [2.45, 2.75) is 13.8 Å². The highest BCUT2D eigenvalue weighted by Gasteiger charge is 2.06. The van der Waals surface area contributed by atoms with Crippen LogP contribution in [0.25, 0.3) is 0 Å². The van der Waals surface area contributed by atoms with E-state index in [0.717, 1.165) is 0 Å². The Hall–Kier alpha value is -2.24. The lowest BCUT2D eigenvalue weighted by atomic mass is 10.1. The van der Waals surface area contributed by atoms with E-state index in [0.29, 0.717) is 11.3 Å². The number of amides is 1. The molecule has 0 spiro atoms. The van der Waals surface area contributed by atoms with E-state index in [1.165, 1.54) is 18.2 Å². The van der Waals surface area contributed by atoms with Crippen molar-refractivity contribution in [3.05, 3.63) is 23.8 Å². The zero-order chi connectivity index (χ0) is 12.8. The molecule has 1 amide bonds. The van der Waals surface area contributed by atoms with Gasteiger partial charge in [0.2, 0.25) is 0 Å². The molecular weight excluding hydrogens is 224 g/mol. The average Bonchev–Trinajstić information content (AvgIpc) is 2.26. The molecule has 0 bridgehead atoms. The van der Waals surface area contributed by atoms with Crippen LogP contribution in [0.1, 0.15) is 19.4 Å². The third kappa shape index (κ3) is 3.67. The van der Waals surface area contributed by atoms with E-state index in [4.69, 9.17) is 5.11 Å². The SMILES string of the molecule is CCOC(=O)N/N=C(\C)c1ccc(O)cc1O. The summed E-state index contributed by atoms with van der Waals surface area (Å²) >= 11 is 0. The van der Waals surface area contributed by atoms with Gasteiger partial charge in [-0.1, -0.05) is 0 Å². The second-order valence-corrected chi connectivity index (χ2v) is 3.23. The summed E-state index contributed by atoms with van der Waals surface area (Å²) in [6.45, 7) is 3.55. The summed E-state index contributed by atoms with van der Waals surface area (Å²) in [7, 11) is 0. The fourth-order valence-corrected chi connectivity index (χ4v) is 1.18. The number of nitrogens with one attached hydrogen (secondary N) is 1. The van der Waals surface area contributed by atoms with Crippen LogP contribution in [-0.2, 0) is 4.74 Å². The maximum Gasteiger partial charge on any atom is 0.427 e. The maximum atomic E-state index is 11.0. The number of rotatable bonds is 3. The van der Waals surface area contributed by atoms with Crippen LogP contribution in [0.4, 0.5) is 4.79 Å². The van der Waals surface area contributed by atoms with E-state index in [1.807, 2.05) is 0 Å². The molecule has 0 fully saturated rings. The lowest BCUT2D eigenvalue weighted by Gasteiger charge is -2.05. The van der Waals surface area contributed by atoms with Gasteiger partial charge in [-0.2, -0.15) is 5.10 Å². The number of carbonyl (C=O) groups is 1. The minimum absolute atomic E-state index is 0.0441. The fraction of sp³-hybridized carbons (Fsp3) is 0.273. The van der Waals surface area contributed by atoms with Gasteiger partial charge in [-0.3, -0.25) is 0 Å². The summed E-state index contributed by atoms with van der Waals surface area (Å²) in [5.41, 5.74) is 2.99. The Morgan fingerprint density at radius 1 is 1.47 bits per heavy atom. The third-order valence-electron chi connectivity index (χ3n) is 1.96. The third-order valence-corrected chi connectivity index (χ3v) is 1.96. The van der Waals surface area contributed by atoms with Crippen LogP contribution >= 0.6 is 0 Å². The Bertz CT molecular complexity index is 443. The number of aromatic hydroxyl groups is 2. The van der Waals surface area contributed by atoms with E-state index in [9.17, 15) is 9.90 Å². The molecule has 1 aromatic rings. The van der Waals surface area contributed by atoms with Crippen LogP contribution in [0.15, 0.2) is 23.3 Å². The number of hydrogen-bond donors (Lipinski definition) is 3. The largest absolute Gasteiger partial charge is 0.508 e. The van der Waals surface area contributed by atoms with Gasteiger partial charge in [0.1, 0.15) is 11.5 Å². The summed E-state index contributed by atoms with van der Waals surface area (Å²) in [6.07, 6.45) is -0.662. The Balaban J connectivity index is 2.78. The van der Waals surface area contributed by atoms with Crippen molar-refractivity contribution in [2.24, 2.45) is 5.10 Å². The monoisotopic (exact) mass is 238 g/mol. The number of nitrogens with zero attached hydrogens (tertiary/aromatic N) is 1. The molecule has 1 rings (SSSR count). The number of hydrazone groups is 1. The quantitative estimate of drug-likeness (QED) is 0.550. The first-order valence-corrected chi connectivity index (χ1v) is 5.04. The summed E-state index contributed by atoms with van der Waals surface area (Å²) in [4.78, 5) is 11.0. The first kappa shape index (κ1) is 12.8. The smallest absolute Gasteiger partial charge is 0.427 e. The van der Waals surface area contributed by atoms with E-state index in [2.05, 4.69) is 15.3 Å². The molecule has 6 nitrogen and oxygen atoms in total. The highest BCUT2D eigenvalue weighted by atomic mass is 16.5. The van der Waals surface area contributed by atoms with Gasteiger partial charge in [0.05, 0.1) is 12.3 Å². The topological polar surface area (TPSA) is 91.2 Å². The van der Waals surface area contributed by atoms with Gasteiger partial charge in [-0.25, -0.2) is 10.2 Å². The Kier molecular flexibility index (Phi) is 4.33. The average molecular weight is 238 g/mol. The maximum absolute atomic E-state index is 11.0. The molecule has 17 heavy (non-hydrogen) atoms. The number of benzene rings is 1. The Labute approximate surface area is 98.5 Å². The van der Waals surface area contributed by atoms with Gasteiger partial charge in [-0.15, -0.1) is 0 Å². The van der Waals surface area contributed by atoms with Crippen molar-refractivity contribution in [2.75, 3.05) is 6.61 Å². The number of phenols is 2. The molecule has 0 saturated heterocycles. The van der Waals surface area contributed by atoms with Crippen molar-refractivity contribution in [1.29, 1.82) is 0 Å². The molecule has 3 N–H and O–H groups in total. The molecule has 6 heteroatoms. The van der Waals surface area contributed by atoms with Crippen molar-refractivity contribution < 1.29 is 19.7 Å². The molecular formula is C11H14N2O4. The van der Waals surface area contributed by atoms with Crippen LogP contribution in [0.3, 0.4) is 0 Å². The summed E-state index contributed by atoms with van der Waals surface area (Å²) in [5, 5.41) is 22.4. The van der Waals surface area contributed by atoms with Crippen LogP contribution in [-0.4, -0.2) is 28.6 Å². The molecule has 0 aliphatic heterocycles. The molecule has 0 aliphatic carbocycles. The standard InChI is InChI=1S/C11H14N2O4/c1-3-17-11(16)13-12-7(2)9-5-4-8(14)6-10(9)15/h4-6,14-15H,3H2,1-2H3,(H,13,16)/b12-7+. The minimum Gasteiger partial charge on any atom is -0.508 e. The van der Waals surface area contributed by atoms with Crippen LogP contribution in [0, 0.1) is 0 Å². The molecule has 0 heterocycles. The highest BCUT2D eigenvalue weighted by Crippen LogP contribution is 2.22. The number of carbonyl (C=O) groups excluding carboxylic acids is 1. The van der Waals surface area contributed by atoms with E-state index >= 15 is 0 Å². The van der Waals surface area contributed by atoms with Gasteiger partial charge in [0.15, 0.2) is 0 Å². The lowest BCUT2D eigenvalue weighted by Crippen LogP contribution is -2.20. The highest BCUT2D eigenvalue weighted by molar-refractivity contribution is 6.01. The van der Waals surface area contributed by atoms with Crippen molar-refractivity contribution in [3.63, 3.8) is 0 Å².